The quantitative estimate of drug-likeness (QED) is 0.0715. The molecule has 0 aromatic carbocycles. The van der Waals surface area contributed by atoms with Gasteiger partial charge >= 0.3 is 0 Å². The topological polar surface area (TPSA) is 25.8 Å². The summed E-state index contributed by atoms with van der Waals surface area (Å²) >= 11 is 5.71. The van der Waals surface area contributed by atoms with E-state index in [-0.39, 0.29) is 0 Å². The first-order chi connectivity index (χ1) is 21.3. The van der Waals surface area contributed by atoms with E-state index in [9.17, 15) is 0 Å². The largest absolute Gasteiger partial charge is 0.251 e. The molecule has 0 spiro atoms. The van der Waals surface area contributed by atoms with Crippen LogP contribution in [0.4, 0.5) is 0 Å². The van der Waals surface area contributed by atoms with Crippen LogP contribution in [0.5, 0.6) is 0 Å². The molecular weight excluding hydrogens is 581 g/mol. The zero-order chi connectivity index (χ0) is 30.0. The molecule has 2 nitrogen and oxygen atoms in total. The van der Waals surface area contributed by atoms with Crippen LogP contribution in [0.25, 0.3) is 30.5 Å². The van der Waals surface area contributed by atoms with Crippen molar-refractivity contribution >= 4 is 45.0 Å². The maximum Gasteiger partial charge on any atom is 0.109 e. The van der Waals surface area contributed by atoms with Crippen molar-refractivity contribution in [1.82, 2.24) is 9.97 Å². The molecule has 43 heavy (non-hydrogen) atoms. The van der Waals surface area contributed by atoms with Crippen LogP contribution in [-0.4, -0.2) is 9.97 Å². The van der Waals surface area contributed by atoms with Gasteiger partial charge in [-0.3, -0.25) is 9.97 Å². The molecule has 0 saturated heterocycles. The highest BCUT2D eigenvalue weighted by molar-refractivity contribution is 7.27. The third-order valence-corrected chi connectivity index (χ3v) is 12.2. The number of hydrogen-bond donors (Lipinski definition) is 0. The highest BCUT2D eigenvalue weighted by Crippen LogP contribution is 2.47. The summed E-state index contributed by atoms with van der Waals surface area (Å²) in [6.07, 6.45) is 33.8. The Labute approximate surface area is 274 Å². The number of aryl methyl sites for hydroxylation is 2. The van der Waals surface area contributed by atoms with Gasteiger partial charge in [0.15, 0.2) is 0 Å². The van der Waals surface area contributed by atoms with Crippen LogP contribution in [0.2, 0.25) is 0 Å². The van der Waals surface area contributed by atoms with E-state index < -0.39 is 0 Å². The lowest BCUT2D eigenvalue weighted by molar-refractivity contribution is 0.556. The Balaban J connectivity index is 1.30. The molecule has 0 amide bonds. The number of unbranched alkanes of at least 4 members (excludes halogenated alkanes) is 18. The van der Waals surface area contributed by atoms with E-state index in [0.717, 1.165) is 11.0 Å². The van der Waals surface area contributed by atoms with Crippen molar-refractivity contribution in [3.05, 3.63) is 46.4 Å². The van der Waals surface area contributed by atoms with Crippen LogP contribution in [0, 0.1) is 0 Å². The fourth-order valence-electron chi connectivity index (χ4n) is 6.25. The predicted molar refractivity (Wildman–Crippen MR) is 195 cm³/mol. The summed E-state index contributed by atoms with van der Waals surface area (Å²) in [4.78, 5) is 15.3. The second kappa shape index (κ2) is 20.5. The van der Waals surface area contributed by atoms with E-state index in [1.165, 1.54) is 172 Å². The van der Waals surface area contributed by atoms with Gasteiger partial charge in [0.25, 0.3) is 0 Å². The van der Waals surface area contributed by atoms with Crippen LogP contribution >= 0.6 is 34.0 Å². The van der Waals surface area contributed by atoms with E-state index in [1.54, 1.807) is 0 Å². The molecule has 4 heterocycles. The maximum atomic E-state index is 4.88. The molecular formula is C38H56N2S3. The normalized spacial score (nSPS) is 11.7. The van der Waals surface area contributed by atoms with Crippen LogP contribution in [-0.2, 0) is 12.8 Å². The SMILES string of the molecule is CCCCCCCCCCCCc1ccsc1-c1sc(-c2sccc2CCCCCCCCCCCC)c2nccnc12. The number of fused-ring (bicyclic) bond motifs is 1. The molecule has 5 heteroatoms. The van der Waals surface area contributed by atoms with Crippen LogP contribution in [0.15, 0.2) is 35.3 Å². The molecule has 0 fully saturated rings. The predicted octanol–water partition coefficient (Wildman–Crippen LogP) is 14.1. The number of nitrogens with zero attached hydrogens (tertiary/aromatic N) is 2. The van der Waals surface area contributed by atoms with Gasteiger partial charge in [-0.1, -0.05) is 129 Å². The first kappa shape index (κ1) is 34.3. The van der Waals surface area contributed by atoms with Crippen molar-refractivity contribution in [3.8, 4) is 19.5 Å². The molecule has 0 N–H and O–H groups in total. The molecule has 4 aromatic heterocycles. The number of hydrogen-bond acceptors (Lipinski definition) is 5. The summed E-state index contributed by atoms with van der Waals surface area (Å²) < 4.78 is 0. The van der Waals surface area contributed by atoms with E-state index in [2.05, 4.69) is 36.7 Å². The first-order valence-electron chi connectivity index (χ1n) is 17.7. The molecule has 4 aromatic rings. The lowest BCUT2D eigenvalue weighted by atomic mass is 10.0. The monoisotopic (exact) mass is 636 g/mol. The summed E-state index contributed by atoms with van der Waals surface area (Å²) in [5.41, 5.74) is 5.18. The number of thiophene rings is 3. The van der Waals surface area contributed by atoms with Crippen molar-refractivity contribution in [2.45, 2.75) is 155 Å². The minimum atomic E-state index is 1.09. The molecule has 0 atom stereocenters. The molecule has 0 bridgehead atoms. The van der Waals surface area contributed by atoms with Gasteiger partial charge in [0.2, 0.25) is 0 Å². The van der Waals surface area contributed by atoms with E-state index in [4.69, 9.17) is 9.97 Å². The average molecular weight is 637 g/mol. The minimum absolute atomic E-state index is 1.09. The van der Waals surface area contributed by atoms with Gasteiger partial charge in [-0.2, -0.15) is 0 Å². The molecule has 0 unspecified atom stereocenters. The summed E-state index contributed by atoms with van der Waals surface area (Å²) in [7, 11) is 0. The molecule has 0 aliphatic rings. The molecule has 0 radical (unpaired) electrons. The fraction of sp³-hybridized carbons (Fsp3) is 0.632. The lowest BCUT2D eigenvalue weighted by Gasteiger charge is -2.04. The second-order valence-electron chi connectivity index (χ2n) is 12.4. The third kappa shape index (κ3) is 11.1. The molecule has 4 rings (SSSR count). The number of rotatable bonds is 24. The van der Waals surface area contributed by atoms with Crippen molar-refractivity contribution < 1.29 is 0 Å². The second-order valence-corrected chi connectivity index (χ2v) is 15.3. The van der Waals surface area contributed by atoms with Gasteiger partial charge in [0.05, 0.1) is 9.75 Å². The van der Waals surface area contributed by atoms with Gasteiger partial charge < -0.3 is 0 Å². The van der Waals surface area contributed by atoms with Gasteiger partial charge in [0.1, 0.15) is 11.0 Å². The Morgan fingerprint density at radius 3 is 1.16 bits per heavy atom. The van der Waals surface area contributed by atoms with Crippen LogP contribution in [0.1, 0.15) is 153 Å². The first-order valence-corrected chi connectivity index (χ1v) is 20.3. The number of aromatic nitrogens is 2. The summed E-state index contributed by atoms with van der Waals surface area (Å²) in [5.74, 6) is 0. The fourth-order valence-corrected chi connectivity index (χ4v) is 9.72. The Kier molecular flexibility index (Phi) is 16.3. The molecule has 0 aliphatic carbocycles. The van der Waals surface area contributed by atoms with Crippen molar-refractivity contribution in [1.29, 1.82) is 0 Å². The average Bonchev–Trinajstić information content (AvgIpc) is 3.77. The van der Waals surface area contributed by atoms with Gasteiger partial charge in [0, 0.05) is 22.1 Å². The minimum Gasteiger partial charge on any atom is -0.251 e. The zero-order valence-corrected chi connectivity index (χ0v) is 29.6. The van der Waals surface area contributed by atoms with Gasteiger partial charge in [-0.15, -0.1) is 34.0 Å². The highest BCUT2D eigenvalue weighted by Gasteiger charge is 2.21. The summed E-state index contributed by atoms with van der Waals surface area (Å²) in [6.45, 7) is 4.60. The van der Waals surface area contributed by atoms with Gasteiger partial charge in [-0.25, -0.2) is 0 Å². The van der Waals surface area contributed by atoms with Crippen molar-refractivity contribution in [2.75, 3.05) is 0 Å². The molecule has 0 aliphatic heterocycles. The summed E-state index contributed by atoms with van der Waals surface area (Å²) in [5, 5.41) is 4.56. The smallest absolute Gasteiger partial charge is 0.109 e. The molecule has 236 valence electrons. The Morgan fingerprint density at radius 1 is 0.442 bits per heavy atom. The highest BCUT2D eigenvalue weighted by atomic mass is 32.1. The standard InChI is InChI=1S/C38H56N2S3/c1-3-5-7-9-11-13-15-17-19-21-23-31-25-29-41-35(31)37-33-34(40-28-27-39-33)38(43-37)36-32(26-30-42-36)24-22-20-18-16-14-12-10-8-6-4-2/h25-30H,3-24H2,1-2H3. The van der Waals surface area contributed by atoms with E-state index in [1.807, 2.05) is 46.4 Å². The van der Waals surface area contributed by atoms with Crippen LogP contribution < -0.4 is 0 Å². The van der Waals surface area contributed by atoms with E-state index in [0.29, 0.717) is 0 Å². The van der Waals surface area contributed by atoms with Crippen LogP contribution in [0.3, 0.4) is 0 Å². The summed E-state index contributed by atoms with van der Waals surface area (Å²) in [6, 6.07) is 4.72. The third-order valence-electron chi connectivity index (χ3n) is 8.84. The van der Waals surface area contributed by atoms with Crippen molar-refractivity contribution in [3.63, 3.8) is 0 Å². The Morgan fingerprint density at radius 2 is 0.791 bits per heavy atom. The van der Waals surface area contributed by atoms with Crippen molar-refractivity contribution in [2.24, 2.45) is 0 Å². The lowest BCUT2D eigenvalue weighted by Crippen LogP contribution is -1.88. The molecule has 0 saturated carbocycles. The Bertz CT molecular complexity index is 1190. The zero-order valence-electron chi connectivity index (χ0n) is 27.1. The Hall–Kier alpha value is -1.56. The maximum absolute atomic E-state index is 4.88. The van der Waals surface area contributed by atoms with Gasteiger partial charge in [-0.05, 0) is 59.7 Å². The van der Waals surface area contributed by atoms with E-state index >= 15 is 0 Å².